The van der Waals surface area contributed by atoms with E-state index in [1.807, 2.05) is 44.2 Å². The van der Waals surface area contributed by atoms with Gasteiger partial charge in [0, 0.05) is 18.7 Å². The van der Waals surface area contributed by atoms with Crippen LogP contribution >= 0.6 is 0 Å². The Bertz CT molecular complexity index is 974. The SMILES string of the molecule is CC(C)[C@H](NC(=O)OCc1ccccc1)C(=O)Nc1cc(C(=O)N2CCOCC2)ccc1N. The van der Waals surface area contributed by atoms with Crippen LogP contribution in [0.2, 0.25) is 0 Å². The molecule has 1 aliphatic heterocycles. The Kier molecular flexibility index (Phi) is 8.26. The number of ether oxygens (including phenoxy) is 2. The second-order valence-electron chi connectivity index (χ2n) is 8.12. The third kappa shape index (κ3) is 6.69. The number of carbonyl (C=O) groups is 3. The maximum absolute atomic E-state index is 13.0. The molecule has 0 aromatic heterocycles. The molecule has 9 nitrogen and oxygen atoms in total. The van der Waals surface area contributed by atoms with Crippen LogP contribution in [-0.2, 0) is 20.9 Å². The van der Waals surface area contributed by atoms with E-state index in [-0.39, 0.29) is 18.4 Å². The first kappa shape index (κ1) is 24.1. The maximum Gasteiger partial charge on any atom is 0.408 e. The lowest BCUT2D eigenvalue weighted by Gasteiger charge is -2.27. The van der Waals surface area contributed by atoms with Crippen molar-refractivity contribution in [2.24, 2.45) is 5.92 Å². The zero-order valence-corrected chi connectivity index (χ0v) is 18.9. The number of alkyl carbamates (subject to hydrolysis) is 1. The van der Waals surface area contributed by atoms with Crippen LogP contribution in [0.3, 0.4) is 0 Å². The molecular weight excluding hydrogens is 424 g/mol. The standard InChI is InChI=1S/C24H30N4O5/c1-16(2)21(27-24(31)33-15-17-6-4-3-5-7-17)22(29)26-20-14-18(8-9-19(20)25)23(30)28-10-12-32-13-11-28/h3-9,14,16,21H,10-13,15,25H2,1-2H3,(H,26,29)(H,27,31)/t21-/m0/s1. The molecule has 0 unspecified atom stereocenters. The van der Waals surface area contributed by atoms with Gasteiger partial charge in [0.15, 0.2) is 0 Å². The highest BCUT2D eigenvalue weighted by Crippen LogP contribution is 2.22. The van der Waals surface area contributed by atoms with E-state index in [9.17, 15) is 14.4 Å². The molecule has 1 atom stereocenters. The third-order valence-corrected chi connectivity index (χ3v) is 5.29. The zero-order chi connectivity index (χ0) is 23.8. The van der Waals surface area contributed by atoms with E-state index in [2.05, 4.69) is 10.6 Å². The minimum atomic E-state index is -0.855. The Morgan fingerprint density at radius 2 is 1.79 bits per heavy atom. The lowest BCUT2D eigenvalue weighted by molar-refractivity contribution is -0.119. The van der Waals surface area contributed by atoms with Gasteiger partial charge in [0.1, 0.15) is 12.6 Å². The number of anilines is 2. The molecule has 1 heterocycles. The van der Waals surface area contributed by atoms with Crippen LogP contribution in [0.4, 0.5) is 16.2 Å². The van der Waals surface area contributed by atoms with Crippen molar-refractivity contribution in [2.45, 2.75) is 26.5 Å². The van der Waals surface area contributed by atoms with Crippen LogP contribution in [0.25, 0.3) is 0 Å². The number of nitrogens with zero attached hydrogens (tertiary/aromatic N) is 1. The molecule has 1 saturated heterocycles. The highest BCUT2D eigenvalue weighted by Gasteiger charge is 2.26. The molecule has 0 saturated carbocycles. The average Bonchev–Trinajstić information content (AvgIpc) is 2.83. The Labute approximate surface area is 193 Å². The van der Waals surface area contributed by atoms with E-state index < -0.39 is 18.0 Å². The molecule has 0 aliphatic carbocycles. The fraction of sp³-hybridized carbons (Fsp3) is 0.375. The molecular formula is C24H30N4O5. The molecule has 9 heteroatoms. The largest absolute Gasteiger partial charge is 0.445 e. The fourth-order valence-electron chi connectivity index (χ4n) is 3.38. The number of carbonyl (C=O) groups excluding carboxylic acids is 3. The Hall–Kier alpha value is -3.59. The molecule has 4 N–H and O–H groups in total. The first-order chi connectivity index (χ1) is 15.8. The van der Waals surface area contributed by atoms with Crippen molar-refractivity contribution in [3.63, 3.8) is 0 Å². The van der Waals surface area contributed by atoms with Gasteiger partial charge in [-0.2, -0.15) is 0 Å². The molecule has 176 valence electrons. The molecule has 0 radical (unpaired) electrons. The van der Waals surface area contributed by atoms with E-state index in [1.165, 1.54) is 0 Å². The van der Waals surface area contributed by atoms with Crippen LogP contribution in [0.15, 0.2) is 48.5 Å². The Balaban J connectivity index is 1.64. The number of benzene rings is 2. The van der Waals surface area contributed by atoms with E-state index in [0.29, 0.717) is 43.2 Å². The van der Waals surface area contributed by atoms with Crippen molar-refractivity contribution in [3.05, 3.63) is 59.7 Å². The molecule has 0 spiro atoms. The summed E-state index contributed by atoms with van der Waals surface area (Å²) >= 11 is 0. The monoisotopic (exact) mass is 454 g/mol. The summed E-state index contributed by atoms with van der Waals surface area (Å²) in [4.78, 5) is 39.7. The molecule has 2 aromatic carbocycles. The van der Waals surface area contributed by atoms with Crippen LogP contribution < -0.4 is 16.4 Å². The maximum atomic E-state index is 13.0. The van der Waals surface area contributed by atoms with Gasteiger partial charge in [0.2, 0.25) is 5.91 Å². The van der Waals surface area contributed by atoms with Crippen molar-refractivity contribution >= 4 is 29.3 Å². The van der Waals surface area contributed by atoms with E-state index in [1.54, 1.807) is 23.1 Å². The van der Waals surface area contributed by atoms with Gasteiger partial charge in [-0.1, -0.05) is 44.2 Å². The van der Waals surface area contributed by atoms with Gasteiger partial charge >= 0.3 is 6.09 Å². The van der Waals surface area contributed by atoms with E-state index in [4.69, 9.17) is 15.2 Å². The topological polar surface area (TPSA) is 123 Å². The van der Waals surface area contributed by atoms with Crippen molar-refractivity contribution in [3.8, 4) is 0 Å². The molecule has 2 aromatic rings. The zero-order valence-electron chi connectivity index (χ0n) is 18.9. The predicted octanol–water partition coefficient (Wildman–Crippen LogP) is 2.63. The summed E-state index contributed by atoms with van der Waals surface area (Å²) in [5, 5.41) is 5.35. The predicted molar refractivity (Wildman–Crippen MR) is 125 cm³/mol. The minimum Gasteiger partial charge on any atom is -0.445 e. The summed E-state index contributed by atoms with van der Waals surface area (Å²) in [6, 6.07) is 13.2. The first-order valence-corrected chi connectivity index (χ1v) is 10.9. The van der Waals surface area contributed by atoms with E-state index >= 15 is 0 Å². The fourth-order valence-corrected chi connectivity index (χ4v) is 3.38. The van der Waals surface area contributed by atoms with Gasteiger partial charge < -0.3 is 30.7 Å². The summed E-state index contributed by atoms with van der Waals surface area (Å²) in [6.45, 7) is 5.72. The van der Waals surface area contributed by atoms with Crippen LogP contribution in [0, 0.1) is 5.92 Å². The normalized spacial score (nSPS) is 14.5. The molecule has 1 aliphatic rings. The van der Waals surface area contributed by atoms with Gasteiger partial charge in [-0.15, -0.1) is 0 Å². The second kappa shape index (κ2) is 11.3. The van der Waals surface area contributed by atoms with Gasteiger partial charge in [0.05, 0.1) is 24.6 Å². The average molecular weight is 455 g/mol. The van der Waals surface area contributed by atoms with Crippen LogP contribution in [0.1, 0.15) is 29.8 Å². The summed E-state index contributed by atoms with van der Waals surface area (Å²) in [5.74, 6) is -0.824. The quantitative estimate of drug-likeness (QED) is 0.553. The highest BCUT2D eigenvalue weighted by molar-refractivity contribution is 6.01. The van der Waals surface area contributed by atoms with Gasteiger partial charge in [-0.05, 0) is 29.7 Å². The number of nitrogens with one attached hydrogen (secondary N) is 2. The number of nitrogens with two attached hydrogens (primary N) is 1. The summed E-state index contributed by atoms with van der Waals surface area (Å²) in [6.07, 6.45) is -0.697. The molecule has 33 heavy (non-hydrogen) atoms. The summed E-state index contributed by atoms with van der Waals surface area (Å²) in [5.41, 5.74) is 7.91. The van der Waals surface area contributed by atoms with Gasteiger partial charge in [-0.25, -0.2) is 4.79 Å². The van der Waals surface area contributed by atoms with Crippen molar-refractivity contribution in [2.75, 3.05) is 37.4 Å². The highest BCUT2D eigenvalue weighted by atomic mass is 16.5. The smallest absolute Gasteiger partial charge is 0.408 e. The van der Waals surface area contributed by atoms with Crippen molar-refractivity contribution in [1.82, 2.24) is 10.2 Å². The minimum absolute atomic E-state index is 0.0950. The van der Waals surface area contributed by atoms with Crippen LogP contribution in [0.5, 0.6) is 0 Å². The van der Waals surface area contributed by atoms with Crippen LogP contribution in [-0.4, -0.2) is 55.2 Å². The number of morpholine rings is 1. The van der Waals surface area contributed by atoms with Gasteiger partial charge in [-0.3, -0.25) is 9.59 Å². The van der Waals surface area contributed by atoms with Crippen molar-refractivity contribution < 1.29 is 23.9 Å². The van der Waals surface area contributed by atoms with Crippen molar-refractivity contribution in [1.29, 1.82) is 0 Å². The molecule has 1 fully saturated rings. The number of amides is 3. The number of nitrogen functional groups attached to an aromatic ring is 1. The third-order valence-electron chi connectivity index (χ3n) is 5.29. The number of hydrogen-bond donors (Lipinski definition) is 3. The Morgan fingerprint density at radius 1 is 1.09 bits per heavy atom. The summed E-state index contributed by atoms with van der Waals surface area (Å²) < 4.78 is 10.5. The lowest BCUT2D eigenvalue weighted by Crippen LogP contribution is -2.47. The second-order valence-corrected chi connectivity index (χ2v) is 8.12. The number of hydrogen-bond acceptors (Lipinski definition) is 6. The van der Waals surface area contributed by atoms with Gasteiger partial charge in [0.25, 0.3) is 5.91 Å². The summed E-state index contributed by atoms with van der Waals surface area (Å²) in [7, 11) is 0. The molecule has 0 bridgehead atoms. The lowest BCUT2D eigenvalue weighted by atomic mass is 10.0. The number of rotatable bonds is 7. The molecule has 3 rings (SSSR count). The Morgan fingerprint density at radius 3 is 2.45 bits per heavy atom. The first-order valence-electron chi connectivity index (χ1n) is 10.9. The van der Waals surface area contributed by atoms with E-state index in [0.717, 1.165) is 5.56 Å². The molecule has 3 amide bonds.